The molecule has 1 unspecified atom stereocenters. The number of unbranched alkanes of at least 4 members (excludes halogenated alkanes) is 1. The fraction of sp³-hybridized carbons (Fsp3) is 0.750. The van der Waals surface area contributed by atoms with Gasteiger partial charge in [0.2, 0.25) is 0 Å². The van der Waals surface area contributed by atoms with E-state index in [4.69, 9.17) is 5.26 Å². The van der Waals surface area contributed by atoms with Gasteiger partial charge in [0.1, 0.15) is 11.4 Å². The first kappa shape index (κ1) is 15.4. The highest BCUT2D eigenvalue weighted by Gasteiger charge is 2.21. The fourth-order valence-electron chi connectivity index (χ4n) is 1.65. The third-order valence-electron chi connectivity index (χ3n) is 2.62. The predicted octanol–water partition coefficient (Wildman–Crippen LogP) is 3.00. The van der Waals surface area contributed by atoms with Crippen LogP contribution in [0.25, 0.3) is 0 Å². The summed E-state index contributed by atoms with van der Waals surface area (Å²) < 4.78 is 5.19. The van der Waals surface area contributed by atoms with Gasteiger partial charge in [-0.25, -0.2) is 4.98 Å². The van der Waals surface area contributed by atoms with Crippen LogP contribution in [0.4, 0.5) is 0 Å². The Morgan fingerprint density at radius 2 is 2.28 bits per heavy atom. The molecule has 0 saturated carbocycles. The number of aromatic nitrogens is 2. The lowest BCUT2D eigenvalue weighted by Gasteiger charge is -2.22. The first-order valence-corrected chi connectivity index (χ1v) is 7.95. The molecule has 0 radical (unpaired) electrons. The van der Waals surface area contributed by atoms with Crippen LogP contribution in [0.1, 0.15) is 38.9 Å². The molecule has 1 rings (SSSR count). The van der Waals surface area contributed by atoms with Gasteiger partial charge in [0.05, 0.1) is 6.07 Å². The smallest absolute Gasteiger partial charge is 0.170 e. The third kappa shape index (κ3) is 5.34. The van der Waals surface area contributed by atoms with Crippen LogP contribution in [-0.2, 0) is 0 Å². The lowest BCUT2D eigenvalue weighted by Crippen LogP contribution is -2.40. The average Bonchev–Trinajstić information content (AvgIpc) is 2.75. The number of nitrogens with zero attached hydrogens (tertiary/aromatic N) is 3. The van der Waals surface area contributed by atoms with Crippen molar-refractivity contribution in [3.63, 3.8) is 0 Å². The van der Waals surface area contributed by atoms with Gasteiger partial charge in [0, 0.05) is 5.75 Å². The highest BCUT2D eigenvalue weighted by molar-refractivity contribution is 8.00. The van der Waals surface area contributed by atoms with E-state index in [1.54, 1.807) is 11.8 Å². The molecule has 1 atom stereocenters. The van der Waals surface area contributed by atoms with Gasteiger partial charge >= 0.3 is 0 Å². The van der Waals surface area contributed by atoms with E-state index in [2.05, 4.69) is 20.7 Å². The van der Waals surface area contributed by atoms with Crippen LogP contribution in [0, 0.1) is 18.3 Å². The Morgan fingerprint density at radius 1 is 1.50 bits per heavy atom. The van der Waals surface area contributed by atoms with Crippen molar-refractivity contribution in [2.24, 2.45) is 0 Å². The van der Waals surface area contributed by atoms with Crippen molar-refractivity contribution >= 4 is 23.3 Å². The highest BCUT2D eigenvalue weighted by Crippen LogP contribution is 2.22. The molecule has 0 aliphatic rings. The zero-order valence-corrected chi connectivity index (χ0v) is 12.8. The summed E-state index contributed by atoms with van der Waals surface area (Å²) in [5.41, 5.74) is -0.376. The fourth-order valence-corrected chi connectivity index (χ4v) is 3.37. The molecule has 0 aliphatic carbocycles. The first-order chi connectivity index (χ1) is 8.59. The molecule has 0 spiro atoms. The lowest BCUT2D eigenvalue weighted by molar-refractivity contribution is 0.415. The van der Waals surface area contributed by atoms with Crippen LogP contribution in [0.5, 0.6) is 0 Å². The van der Waals surface area contributed by atoms with Crippen molar-refractivity contribution in [1.82, 2.24) is 14.7 Å². The number of nitriles is 1. The Labute approximate surface area is 117 Å². The van der Waals surface area contributed by atoms with Crippen molar-refractivity contribution in [2.75, 3.05) is 12.3 Å². The zero-order chi connectivity index (χ0) is 13.4. The third-order valence-corrected chi connectivity index (χ3v) is 4.63. The minimum Gasteiger partial charge on any atom is -0.300 e. The van der Waals surface area contributed by atoms with Crippen molar-refractivity contribution in [1.29, 1.82) is 5.26 Å². The van der Waals surface area contributed by atoms with Crippen LogP contribution in [0.15, 0.2) is 4.34 Å². The summed E-state index contributed by atoms with van der Waals surface area (Å²) in [4.78, 5) is 4.31. The molecule has 0 fully saturated rings. The van der Waals surface area contributed by atoms with E-state index in [1.165, 1.54) is 11.5 Å². The molecule has 0 aromatic carbocycles. The molecule has 1 N–H and O–H groups in total. The molecule has 1 aromatic rings. The van der Waals surface area contributed by atoms with Gasteiger partial charge in [-0.1, -0.05) is 18.7 Å². The number of hydrogen-bond acceptors (Lipinski definition) is 6. The van der Waals surface area contributed by atoms with E-state index in [9.17, 15) is 0 Å². The molecule has 6 heteroatoms. The number of nitrogens with one attached hydrogen (secondary N) is 1. The SMILES string of the molecule is CCNC(C)(C#N)CCCCSc1nc(C)ns1. The van der Waals surface area contributed by atoms with Crippen LogP contribution in [0.2, 0.25) is 0 Å². The Balaban J connectivity index is 2.17. The van der Waals surface area contributed by atoms with Gasteiger partial charge in [0.25, 0.3) is 0 Å². The van der Waals surface area contributed by atoms with Gasteiger partial charge in [-0.05, 0) is 51.2 Å². The second-order valence-corrected chi connectivity index (χ2v) is 6.48. The highest BCUT2D eigenvalue weighted by atomic mass is 32.2. The number of thioether (sulfide) groups is 1. The average molecular weight is 284 g/mol. The molecule has 0 saturated heterocycles. The molecular weight excluding hydrogens is 264 g/mol. The molecule has 100 valence electrons. The number of aryl methyl sites for hydroxylation is 1. The lowest BCUT2D eigenvalue weighted by atomic mass is 9.97. The van der Waals surface area contributed by atoms with E-state index < -0.39 is 0 Å². The van der Waals surface area contributed by atoms with Crippen molar-refractivity contribution in [3.05, 3.63) is 5.82 Å². The summed E-state index contributed by atoms with van der Waals surface area (Å²) in [5.74, 6) is 1.90. The molecule has 4 nitrogen and oxygen atoms in total. The molecular formula is C12H20N4S2. The van der Waals surface area contributed by atoms with Gasteiger partial charge in [0.15, 0.2) is 4.34 Å². The maximum Gasteiger partial charge on any atom is 0.170 e. The Hall–Kier alpha value is -0.640. The second kappa shape index (κ2) is 7.72. The van der Waals surface area contributed by atoms with Crippen LogP contribution >= 0.6 is 23.3 Å². The van der Waals surface area contributed by atoms with E-state index in [1.807, 2.05) is 20.8 Å². The first-order valence-electron chi connectivity index (χ1n) is 6.19. The topological polar surface area (TPSA) is 61.6 Å². The van der Waals surface area contributed by atoms with Gasteiger partial charge in [-0.3, -0.25) is 5.32 Å². The molecule has 0 amide bonds. The summed E-state index contributed by atoms with van der Waals surface area (Å²) in [6, 6.07) is 2.35. The summed E-state index contributed by atoms with van der Waals surface area (Å²) in [6.07, 6.45) is 3.06. The molecule has 0 bridgehead atoms. The summed E-state index contributed by atoms with van der Waals surface area (Å²) in [6.45, 7) is 6.75. The van der Waals surface area contributed by atoms with E-state index in [0.717, 1.165) is 41.7 Å². The van der Waals surface area contributed by atoms with Crippen LogP contribution in [0.3, 0.4) is 0 Å². The van der Waals surface area contributed by atoms with Crippen molar-refractivity contribution < 1.29 is 0 Å². The molecule has 18 heavy (non-hydrogen) atoms. The van der Waals surface area contributed by atoms with E-state index in [-0.39, 0.29) is 5.54 Å². The molecule has 0 aliphatic heterocycles. The predicted molar refractivity (Wildman–Crippen MR) is 76.9 cm³/mol. The molecule has 1 heterocycles. The Morgan fingerprint density at radius 3 is 2.83 bits per heavy atom. The Bertz CT molecular complexity index is 399. The standard InChI is InChI=1S/C12H20N4S2/c1-4-14-12(3,9-13)7-5-6-8-17-11-15-10(2)16-18-11/h14H,4-8H2,1-3H3. The van der Waals surface area contributed by atoms with Gasteiger partial charge < -0.3 is 0 Å². The largest absolute Gasteiger partial charge is 0.300 e. The monoisotopic (exact) mass is 284 g/mol. The van der Waals surface area contributed by atoms with E-state index in [0.29, 0.717) is 0 Å². The minimum atomic E-state index is -0.376. The van der Waals surface area contributed by atoms with E-state index >= 15 is 0 Å². The summed E-state index contributed by atoms with van der Waals surface area (Å²) in [7, 11) is 0. The summed E-state index contributed by atoms with van der Waals surface area (Å²) >= 11 is 3.22. The zero-order valence-electron chi connectivity index (χ0n) is 11.2. The summed E-state index contributed by atoms with van der Waals surface area (Å²) in [5, 5.41) is 12.4. The van der Waals surface area contributed by atoms with Gasteiger partial charge in [-0.2, -0.15) is 9.64 Å². The van der Waals surface area contributed by atoms with Gasteiger partial charge in [-0.15, -0.1) is 0 Å². The second-order valence-electron chi connectivity index (χ2n) is 4.39. The maximum atomic E-state index is 9.12. The normalized spacial score (nSPS) is 14.1. The number of hydrogen-bond donors (Lipinski definition) is 1. The number of rotatable bonds is 8. The maximum absolute atomic E-state index is 9.12. The Kier molecular flexibility index (Phi) is 6.61. The van der Waals surface area contributed by atoms with Crippen LogP contribution in [-0.4, -0.2) is 27.2 Å². The van der Waals surface area contributed by atoms with Crippen LogP contribution < -0.4 is 5.32 Å². The van der Waals surface area contributed by atoms with Crippen molar-refractivity contribution in [3.8, 4) is 6.07 Å². The minimum absolute atomic E-state index is 0.376. The van der Waals surface area contributed by atoms with Crippen molar-refractivity contribution in [2.45, 2.75) is 49.9 Å². The molecule has 1 aromatic heterocycles. The quantitative estimate of drug-likeness (QED) is 0.587.